The van der Waals surface area contributed by atoms with E-state index in [0.29, 0.717) is 6.54 Å². The minimum Gasteiger partial charge on any atom is -0.326 e. The van der Waals surface area contributed by atoms with Crippen LogP contribution in [-0.4, -0.2) is 45.0 Å². The van der Waals surface area contributed by atoms with Crippen molar-refractivity contribution in [2.45, 2.75) is 19.0 Å². The minimum absolute atomic E-state index is 0.0332. The van der Waals surface area contributed by atoms with Crippen LogP contribution in [0.3, 0.4) is 0 Å². The third-order valence-corrected chi connectivity index (χ3v) is 4.30. The lowest BCUT2D eigenvalue weighted by Crippen LogP contribution is -2.39. The Kier molecular flexibility index (Phi) is 5.12. The number of thiophene rings is 1. The van der Waals surface area contributed by atoms with E-state index in [0.717, 1.165) is 5.56 Å². The zero-order chi connectivity index (χ0) is 13.1. The molecule has 2 unspecified atom stereocenters. The first-order valence-corrected chi connectivity index (χ1v) is 8.47. The van der Waals surface area contributed by atoms with Crippen molar-refractivity contribution in [2.24, 2.45) is 5.73 Å². The third-order valence-electron chi connectivity index (χ3n) is 2.67. The molecule has 17 heavy (non-hydrogen) atoms. The normalized spacial score (nSPS) is 16.1. The molecule has 0 radical (unpaired) electrons. The minimum atomic E-state index is -2.93. The van der Waals surface area contributed by atoms with Crippen LogP contribution in [0.15, 0.2) is 16.8 Å². The maximum Gasteiger partial charge on any atom is 0.148 e. The molecule has 2 atom stereocenters. The average Bonchev–Trinajstić information content (AvgIpc) is 2.66. The lowest BCUT2D eigenvalue weighted by Gasteiger charge is -2.30. The molecule has 0 aliphatic heterocycles. The fourth-order valence-corrected chi connectivity index (χ4v) is 3.16. The molecule has 6 heteroatoms. The number of nitrogens with two attached hydrogens (primary N) is 1. The zero-order valence-corrected chi connectivity index (χ0v) is 12.1. The summed E-state index contributed by atoms with van der Waals surface area (Å²) in [6.45, 7) is 2.44. The van der Waals surface area contributed by atoms with Gasteiger partial charge in [-0.05, 0) is 36.4 Å². The zero-order valence-electron chi connectivity index (χ0n) is 10.5. The smallest absolute Gasteiger partial charge is 0.148 e. The molecular formula is C11H20N2O2S2. The van der Waals surface area contributed by atoms with Crippen molar-refractivity contribution >= 4 is 21.2 Å². The van der Waals surface area contributed by atoms with Gasteiger partial charge in [0.15, 0.2) is 0 Å². The van der Waals surface area contributed by atoms with Crippen molar-refractivity contribution in [3.8, 4) is 0 Å². The molecule has 4 nitrogen and oxygen atoms in total. The molecule has 0 bridgehead atoms. The highest BCUT2D eigenvalue weighted by molar-refractivity contribution is 7.90. The Hall–Kier alpha value is -0.430. The molecule has 2 N–H and O–H groups in total. The van der Waals surface area contributed by atoms with Gasteiger partial charge in [0.05, 0.1) is 11.8 Å². The summed E-state index contributed by atoms with van der Waals surface area (Å²) in [7, 11) is -1.01. The summed E-state index contributed by atoms with van der Waals surface area (Å²) >= 11 is 1.63. The van der Waals surface area contributed by atoms with Gasteiger partial charge in [0.25, 0.3) is 0 Å². The second-order valence-corrected chi connectivity index (χ2v) is 7.51. The Balaban J connectivity index is 2.72. The van der Waals surface area contributed by atoms with E-state index in [4.69, 9.17) is 5.73 Å². The van der Waals surface area contributed by atoms with Crippen molar-refractivity contribution in [3.05, 3.63) is 22.4 Å². The third kappa shape index (κ3) is 4.75. The lowest BCUT2D eigenvalue weighted by molar-refractivity contribution is 0.231. The van der Waals surface area contributed by atoms with Gasteiger partial charge in [-0.1, -0.05) is 0 Å². The van der Waals surface area contributed by atoms with Gasteiger partial charge in [-0.25, -0.2) is 8.42 Å². The van der Waals surface area contributed by atoms with Gasteiger partial charge >= 0.3 is 0 Å². The molecular weight excluding hydrogens is 256 g/mol. The maximum atomic E-state index is 11.2. The van der Waals surface area contributed by atoms with Crippen LogP contribution in [0, 0.1) is 0 Å². The van der Waals surface area contributed by atoms with Crippen LogP contribution in [-0.2, 0) is 9.84 Å². The van der Waals surface area contributed by atoms with E-state index in [2.05, 4.69) is 5.38 Å². The fraction of sp³-hybridized carbons (Fsp3) is 0.636. The molecule has 0 aliphatic carbocycles. The first kappa shape index (κ1) is 14.6. The number of likely N-dealkylation sites (N-methyl/N-ethyl adjacent to an activating group) is 1. The van der Waals surface area contributed by atoms with Crippen LogP contribution < -0.4 is 5.73 Å². The van der Waals surface area contributed by atoms with Gasteiger partial charge < -0.3 is 5.73 Å². The molecule has 98 valence electrons. The van der Waals surface area contributed by atoms with Crippen LogP contribution >= 0.6 is 11.3 Å². The number of hydrogen-bond donors (Lipinski definition) is 1. The summed E-state index contributed by atoms with van der Waals surface area (Å²) in [6, 6.07) is 2.08. The molecule has 1 aromatic rings. The molecule has 1 rings (SSSR count). The van der Waals surface area contributed by atoms with Crippen molar-refractivity contribution < 1.29 is 8.42 Å². The lowest BCUT2D eigenvalue weighted by atomic mass is 10.0. The highest BCUT2D eigenvalue weighted by Crippen LogP contribution is 2.24. The standard InChI is InChI=1S/C11H20N2O2S2/c1-9(12)11(10-4-6-16-8-10)13(2)5-7-17(3,14)15/h4,6,8-9,11H,5,7,12H2,1-3H3. The van der Waals surface area contributed by atoms with Gasteiger partial charge in [-0.3, -0.25) is 4.90 Å². The summed E-state index contributed by atoms with van der Waals surface area (Å²) in [4.78, 5) is 2.01. The van der Waals surface area contributed by atoms with Crippen molar-refractivity contribution in [3.63, 3.8) is 0 Å². The van der Waals surface area contributed by atoms with Crippen LogP contribution in [0.2, 0.25) is 0 Å². The molecule has 0 saturated heterocycles. The Morgan fingerprint density at radius 3 is 2.59 bits per heavy atom. The first-order chi connectivity index (χ1) is 7.81. The Labute approximate surface area is 107 Å². The largest absolute Gasteiger partial charge is 0.326 e. The van der Waals surface area contributed by atoms with Crippen LogP contribution in [0.25, 0.3) is 0 Å². The summed E-state index contributed by atoms with van der Waals surface area (Å²) in [6.07, 6.45) is 1.26. The quantitative estimate of drug-likeness (QED) is 0.845. The van der Waals surface area contributed by atoms with Gasteiger partial charge in [0, 0.05) is 18.8 Å². The van der Waals surface area contributed by atoms with E-state index >= 15 is 0 Å². The topological polar surface area (TPSA) is 63.4 Å². The Morgan fingerprint density at radius 2 is 2.18 bits per heavy atom. The summed E-state index contributed by atoms with van der Waals surface area (Å²) < 4.78 is 22.3. The monoisotopic (exact) mass is 276 g/mol. The summed E-state index contributed by atoms with van der Waals surface area (Å²) in [5.41, 5.74) is 7.14. The van der Waals surface area contributed by atoms with Gasteiger partial charge in [-0.15, -0.1) is 0 Å². The van der Waals surface area contributed by atoms with Crippen molar-refractivity contribution in [2.75, 3.05) is 25.6 Å². The highest BCUT2D eigenvalue weighted by Gasteiger charge is 2.22. The average molecular weight is 276 g/mol. The number of hydrogen-bond acceptors (Lipinski definition) is 5. The van der Waals surface area contributed by atoms with Gasteiger partial charge in [0.2, 0.25) is 0 Å². The van der Waals surface area contributed by atoms with E-state index in [1.807, 2.05) is 30.3 Å². The molecule has 0 saturated carbocycles. The molecule has 0 spiro atoms. The predicted molar refractivity (Wildman–Crippen MR) is 73.1 cm³/mol. The molecule has 0 aliphatic rings. The second kappa shape index (κ2) is 5.95. The number of rotatable bonds is 6. The van der Waals surface area contributed by atoms with Gasteiger partial charge in [0.1, 0.15) is 9.84 Å². The molecule has 1 aromatic heterocycles. The van der Waals surface area contributed by atoms with Crippen molar-refractivity contribution in [1.82, 2.24) is 4.90 Å². The SMILES string of the molecule is CC(N)C(c1ccsc1)N(C)CCS(C)(=O)=O. The van der Waals surface area contributed by atoms with Crippen LogP contribution in [0.5, 0.6) is 0 Å². The van der Waals surface area contributed by atoms with E-state index < -0.39 is 9.84 Å². The van der Waals surface area contributed by atoms with E-state index in [1.165, 1.54) is 6.26 Å². The fourth-order valence-electron chi connectivity index (χ4n) is 1.85. The number of nitrogens with zero attached hydrogens (tertiary/aromatic N) is 1. The summed E-state index contributed by atoms with van der Waals surface area (Å²) in [5.74, 6) is 0.164. The molecule has 0 amide bonds. The number of sulfone groups is 1. The highest BCUT2D eigenvalue weighted by atomic mass is 32.2. The molecule has 0 fully saturated rings. The maximum absolute atomic E-state index is 11.2. The van der Waals surface area contributed by atoms with Crippen LogP contribution in [0.1, 0.15) is 18.5 Å². The Morgan fingerprint density at radius 1 is 1.53 bits per heavy atom. The van der Waals surface area contributed by atoms with E-state index in [-0.39, 0.29) is 17.8 Å². The van der Waals surface area contributed by atoms with Crippen molar-refractivity contribution in [1.29, 1.82) is 0 Å². The van der Waals surface area contributed by atoms with Crippen LogP contribution in [0.4, 0.5) is 0 Å². The second-order valence-electron chi connectivity index (χ2n) is 4.47. The first-order valence-electron chi connectivity index (χ1n) is 5.47. The Bertz CT molecular complexity index is 426. The molecule has 0 aromatic carbocycles. The molecule has 1 heterocycles. The summed E-state index contributed by atoms with van der Waals surface area (Å²) in [5, 5.41) is 4.07. The predicted octanol–water partition coefficient (Wildman–Crippen LogP) is 1.11. The van der Waals surface area contributed by atoms with Gasteiger partial charge in [-0.2, -0.15) is 11.3 Å². The van der Waals surface area contributed by atoms with E-state index in [1.54, 1.807) is 11.3 Å². The van der Waals surface area contributed by atoms with E-state index in [9.17, 15) is 8.42 Å².